The third-order valence-corrected chi connectivity index (χ3v) is 4.20. The number of carbonyl (C=O) groups is 2. The maximum atomic E-state index is 11.7. The second-order valence-corrected chi connectivity index (χ2v) is 6.36. The van der Waals surface area contributed by atoms with E-state index < -0.39 is 5.97 Å². The molecule has 1 aliphatic heterocycles. The molecule has 0 N–H and O–H groups in total. The largest absolute Gasteiger partial charge is 0.465 e. The van der Waals surface area contributed by atoms with Crippen molar-refractivity contribution in [2.45, 2.75) is 38.5 Å². The number of carbonyl (C=O) groups excluding carboxylic acids is 2. The number of ether oxygens (including phenoxy) is 2. The van der Waals surface area contributed by atoms with Gasteiger partial charge < -0.3 is 14.4 Å². The summed E-state index contributed by atoms with van der Waals surface area (Å²) in [4.78, 5) is 29.7. The fourth-order valence-corrected chi connectivity index (χ4v) is 2.83. The Morgan fingerprint density at radius 1 is 1.16 bits per heavy atom. The molecule has 0 amide bonds. The van der Waals surface area contributed by atoms with Gasteiger partial charge in [-0.1, -0.05) is 12.5 Å². The summed E-state index contributed by atoms with van der Waals surface area (Å²) in [7, 11) is 0. The van der Waals surface area contributed by atoms with Crippen LogP contribution in [-0.4, -0.2) is 61.1 Å². The summed E-state index contributed by atoms with van der Waals surface area (Å²) in [6.45, 7) is 3.92. The van der Waals surface area contributed by atoms with Crippen molar-refractivity contribution in [3.63, 3.8) is 0 Å². The van der Waals surface area contributed by atoms with Crippen LogP contribution in [0.3, 0.4) is 0 Å². The molecule has 0 radical (unpaired) electrons. The van der Waals surface area contributed by atoms with Crippen LogP contribution in [0.2, 0.25) is 0 Å². The molecule has 1 aromatic heterocycles. The molecule has 6 heteroatoms. The lowest BCUT2D eigenvalue weighted by molar-refractivity contribution is -0.147. The molecular weight excluding hydrogens is 320 g/mol. The molecule has 0 spiro atoms. The van der Waals surface area contributed by atoms with Crippen LogP contribution in [0.1, 0.15) is 37.7 Å². The zero-order valence-corrected chi connectivity index (χ0v) is 14.8. The van der Waals surface area contributed by atoms with E-state index in [-0.39, 0.29) is 18.8 Å². The number of rotatable bonds is 11. The lowest BCUT2D eigenvalue weighted by Gasteiger charge is -2.25. The van der Waals surface area contributed by atoms with E-state index in [9.17, 15) is 9.59 Å². The van der Waals surface area contributed by atoms with E-state index in [0.717, 1.165) is 38.0 Å². The van der Waals surface area contributed by atoms with E-state index in [1.165, 1.54) is 19.3 Å². The van der Waals surface area contributed by atoms with Gasteiger partial charge in [-0.3, -0.25) is 14.6 Å². The van der Waals surface area contributed by atoms with Gasteiger partial charge in [-0.25, -0.2) is 0 Å². The number of aryl methyl sites for hydroxylation is 1. The van der Waals surface area contributed by atoms with E-state index in [2.05, 4.69) is 9.88 Å². The highest BCUT2D eigenvalue weighted by Crippen LogP contribution is 2.07. The maximum Gasteiger partial charge on any atom is 0.313 e. The standard InChI is InChI=1S/C19H28N2O4/c22-18(16-24-13-11-21-9-2-1-3-10-21)14-19(23)25-12-5-7-17-6-4-8-20-15-17/h4,6,8,15H,1-3,5,7,9-14,16H2. The maximum absolute atomic E-state index is 11.7. The molecule has 0 bridgehead atoms. The van der Waals surface area contributed by atoms with Crippen LogP contribution in [-0.2, 0) is 25.5 Å². The number of hydrogen-bond acceptors (Lipinski definition) is 6. The number of likely N-dealkylation sites (tertiary alicyclic amines) is 1. The van der Waals surface area contributed by atoms with Crippen LogP contribution in [0.15, 0.2) is 24.5 Å². The Bertz CT molecular complexity index is 515. The molecular formula is C19H28N2O4. The van der Waals surface area contributed by atoms with Crippen LogP contribution in [0, 0.1) is 0 Å². The fraction of sp³-hybridized carbons (Fsp3) is 0.632. The number of pyridine rings is 1. The Hall–Kier alpha value is -1.79. The minimum absolute atomic E-state index is 0.0153. The molecule has 1 fully saturated rings. The van der Waals surface area contributed by atoms with Gasteiger partial charge >= 0.3 is 5.97 Å². The van der Waals surface area contributed by atoms with Crippen molar-refractivity contribution >= 4 is 11.8 Å². The third kappa shape index (κ3) is 8.74. The molecule has 25 heavy (non-hydrogen) atoms. The quantitative estimate of drug-likeness (QED) is 0.346. The molecule has 0 saturated carbocycles. The molecule has 1 aromatic rings. The smallest absolute Gasteiger partial charge is 0.313 e. The van der Waals surface area contributed by atoms with Gasteiger partial charge in [0.15, 0.2) is 5.78 Å². The second kappa shape index (κ2) is 11.7. The van der Waals surface area contributed by atoms with Gasteiger partial charge in [0, 0.05) is 18.9 Å². The lowest BCUT2D eigenvalue weighted by Crippen LogP contribution is -2.33. The minimum atomic E-state index is -0.476. The highest BCUT2D eigenvalue weighted by molar-refractivity contribution is 5.96. The average Bonchev–Trinajstić information content (AvgIpc) is 2.64. The first kappa shape index (κ1) is 19.5. The summed E-state index contributed by atoms with van der Waals surface area (Å²) in [5.74, 6) is -0.702. The Morgan fingerprint density at radius 3 is 2.76 bits per heavy atom. The van der Waals surface area contributed by atoms with Crippen LogP contribution in [0.25, 0.3) is 0 Å². The fourth-order valence-electron chi connectivity index (χ4n) is 2.83. The van der Waals surface area contributed by atoms with E-state index in [1.54, 1.807) is 12.4 Å². The molecule has 138 valence electrons. The Labute approximate surface area is 149 Å². The minimum Gasteiger partial charge on any atom is -0.465 e. The van der Waals surface area contributed by atoms with Gasteiger partial charge in [0.25, 0.3) is 0 Å². The highest BCUT2D eigenvalue weighted by atomic mass is 16.5. The van der Waals surface area contributed by atoms with Crippen LogP contribution in [0.4, 0.5) is 0 Å². The SMILES string of the molecule is O=C(COCCN1CCCCC1)CC(=O)OCCCc1cccnc1. The molecule has 6 nitrogen and oxygen atoms in total. The molecule has 1 saturated heterocycles. The number of aromatic nitrogens is 1. The topological polar surface area (TPSA) is 68.7 Å². The predicted molar refractivity (Wildman–Crippen MR) is 94.3 cm³/mol. The van der Waals surface area contributed by atoms with Gasteiger partial charge in [0.2, 0.25) is 0 Å². The van der Waals surface area contributed by atoms with Crippen molar-refractivity contribution in [2.75, 3.05) is 39.5 Å². The monoisotopic (exact) mass is 348 g/mol. The number of nitrogens with zero attached hydrogens (tertiary/aromatic N) is 2. The van der Waals surface area contributed by atoms with E-state index in [0.29, 0.717) is 13.2 Å². The van der Waals surface area contributed by atoms with E-state index in [4.69, 9.17) is 9.47 Å². The van der Waals surface area contributed by atoms with Crippen LogP contribution < -0.4 is 0 Å². The van der Waals surface area contributed by atoms with Crippen molar-refractivity contribution in [1.82, 2.24) is 9.88 Å². The zero-order valence-electron chi connectivity index (χ0n) is 14.8. The number of piperidine rings is 1. The average molecular weight is 348 g/mol. The van der Waals surface area contributed by atoms with Gasteiger partial charge in [0.1, 0.15) is 13.0 Å². The molecule has 0 aromatic carbocycles. The second-order valence-electron chi connectivity index (χ2n) is 6.36. The number of Topliss-reactive ketones (excluding diaryl/α,β-unsaturated/α-hetero) is 1. The van der Waals surface area contributed by atoms with Crippen molar-refractivity contribution < 1.29 is 19.1 Å². The molecule has 0 aliphatic carbocycles. The predicted octanol–water partition coefficient (Wildman–Crippen LogP) is 2.02. The molecule has 0 unspecified atom stereocenters. The third-order valence-electron chi connectivity index (χ3n) is 4.20. The normalized spacial score (nSPS) is 15.0. The van der Waals surface area contributed by atoms with E-state index in [1.807, 2.05) is 12.1 Å². The first-order valence-corrected chi connectivity index (χ1v) is 9.10. The van der Waals surface area contributed by atoms with Crippen LogP contribution in [0.5, 0.6) is 0 Å². The Morgan fingerprint density at radius 2 is 2.00 bits per heavy atom. The Balaban J connectivity index is 1.46. The summed E-state index contributed by atoms with van der Waals surface area (Å²) in [6.07, 6.45) is 8.62. The van der Waals surface area contributed by atoms with Crippen molar-refractivity contribution in [3.8, 4) is 0 Å². The highest BCUT2D eigenvalue weighted by Gasteiger charge is 2.12. The van der Waals surface area contributed by atoms with Crippen molar-refractivity contribution in [3.05, 3.63) is 30.1 Å². The molecule has 2 rings (SSSR count). The number of esters is 1. The van der Waals surface area contributed by atoms with Crippen LogP contribution >= 0.6 is 0 Å². The summed E-state index contributed by atoms with van der Waals surface area (Å²) in [5, 5.41) is 0. The summed E-state index contributed by atoms with van der Waals surface area (Å²) in [5.41, 5.74) is 1.11. The molecule has 1 aliphatic rings. The van der Waals surface area contributed by atoms with Crippen molar-refractivity contribution in [1.29, 1.82) is 0 Å². The summed E-state index contributed by atoms with van der Waals surface area (Å²) >= 11 is 0. The first-order chi connectivity index (χ1) is 12.2. The van der Waals surface area contributed by atoms with E-state index >= 15 is 0 Å². The summed E-state index contributed by atoms with van der Waals surface area (Å²) < 4.78 is 10.5. The zero-order chi connectivity index (χ0) is 17.7. The van der Waals surface area contributed by atoms with Gasteiger partial charge in [-0.05, 0) is 50.4 Å². The summed E-state index contributed by atoms with van der Waals surface area (Å²) in [6, 6.07) is 3.87. The van der Waals surface area contributed by atoms with Gasteiger partial charge in [0.05, 0.1) is 13.2 Å². The van der Waals surface area contributed by atoms with Gasteiger partial charge in [-0.2, -0.15) is 0 Å². The lowest BCUT2D eigenvalue weighted by atomic mass is 10.1. The first-order valence-electron chi connectivity index (χ1n) is 9.10. The molecule has 0 atom stereocenters. The number of ketones is 1. The molecule has 2 heterocycles. The van der Waals surface area contributed by atoms with Crippen molar-refractivity contribution in [2.24, 2.45) is 0 Å². The number of hydrogen-bond donors (Lipinski definition) is 0. The van der Waals surface area contributed by atoms with Gasteiger partial charge in [-0.15, -0.1) is 0 Å². The Kier molecular flexibility index (Phi) is 9.15.